The van der Waals surface area contributed by atoms with Gasteiger partial charge in [-0.15, -0.1) is 0 Å². The molecule has 1 saturated heterocycles. The van der Waals surface area contributed by atoms with Crippen molar-refractivity contribution in [2.24, 2.45) is 17.6 Å². The highest BCUT2D eigenvalue weighted by Gasteiger charge is 2.21. The third-order valence-corrected chi connectivity index (χ3v) is 4.15. The van der Waals surface area contributed by atoms with Gasteiger partial charge in [0.05, 0.1) is 6.54 Å². The van der Waals surface area contributed by atoms with Crippen molar-refractivity contribution in [2.75, 3.05) is 39.8 Å². The van der Waals surface area contributed by atoms with Crippen LogP contribution < -0.4 is 16.4 Å². The van der Waals surface area contributed by atoms with Gasteiger partial charge in [-0.2, -0.15) is 0 Å². The Bertz CT molecular complexity index is 262. The molecule has 0 aromatic rings. The van der Waals surface area contributed by atoms with E-state index >= 15 is 0 Å². The lowest BCUT2D eigenvalue weighted by Gasteiger charge is -2.33. The molecule has 0 spiro atoms. The monoisotopic (exact) mass is 270 g/mol. The Kier molecular flexibility index (Phi) is 7.34. The molecule has 0 aromatic heterocycles. The molecule has 5 nitrogen and oxygen atoms in total. The van der Waals surface area contributed by atoms with E-state index in [4.69, 9.17) is 5.73 Å². The van der Waals surface area contributed by atoms with Crippen LogP contribution in [0.5, 0.6) is 0 Å². The molecule has 0 bridgehead atoms. The number of rotatable bonds is 7. The second-order valence-corrected chi connectivity index (χ2v) is 5.87. The first-order valence-corrected chi connectivity index (χ1v) is 7.43. The number of hydrogen-bond donors (Lipinski definition) is 3. The van der Waals surface area contributed by atoms with Gasteiger partial charge in [-0.3, -0.25) is 9.69 Å². The summed E-state index contributed by atoms with van der Waals surface area (Å²) >= 11 is 0. The fourth-order valence-electron chi connectivity index (χ4n) is 2.49. The molecule has 1 unspecified atom stereocenters. The van der Waals surface area contributed by atoms with E-state index in [1.165, 1.54) is 0 Å². The molecule has 0 aliphatic carbocycles. The van der Waals surface area contributed by atoms with Crippen LogP contribution in [0.1, 0.15) is 26.7 Å². The smallest absolute Gasteiger partial charge is 0.233 e. The molecular weight excluding hydrogens is 240 g/mol. The van der Waals surface area contributed by atoms with Crippen molar-refractivity contribution in [1.29, 1.82) is 0 Å². The highest BCUT2D eigenvalue weighted by molar-refractivity contribution is 5.77. The van der Waals surface area contributed by atoms with Crippen LogP contribution in [0.25, 0.3) is 0 Å². The number of amides is 1. The van der Waals surface area contributed by atoms with Crippen LogP contribution in [-0.4, -0.2) is 56.6 Å². The Morgan fingerprint density at radius 3 is 2.47 bits per heavy atom. The predicted molar refractivity (Wildman–Crippen MR) is 78.9 cm³/mol. The average molecular weight is 270 g/mol. The minimum atomic E-state index is 0.106. The summed E-state index contributed by atoms with van der Waals surface area (Å²) in [4.78, 5) is 13.5. The molecule has 5 heteroatoms. The topological polar surface area (TPSA) is 70.4 Å². The van der Waals surface area contributed by atoms with Crippen molar-refractivity contribution in [1.82, 2.24) is 15.5 Å². The molecule has 1 aliphatic heterocycles. The van der Waals surface area contributed by atoms with E-state index in [1.807, 2.05) is 0 Å². The van der Waals surface area contributed by atoms with Crippen molar-refractivity contribution in [2.45, 2.75) is 32.7 Å². The van der Waals surface area contributed by atoms with E-state index in [2.05, 4.69) is 29.4 Å². The minimum Gasteiger partial charge on any atom is -0.358 e. The van der Waals surface area contributed by atoms with Crippen LogP contribution in [-0.2, 0) is 4.79 Å². The first-order valence-electron chi connectivity index (χ1n) is 7.43. The Balaban J connectivity index is 2.21. The van der Waals surface area contributed by atoms with E-state index in [9.17, 15) is 4.79 Å². The van der Waals surface area contributed by atoms with Gasteiger partial charge in [0.15, 0.2) is 0 Å². The normalized spacial score (nSPS) is 19.6. The molecule has 112 valence electrons. The first-order chi connectivity index (χ1) is 9.06. The van der Waals surface area contributed by atoms with E-state index in [-0.39, 0.29) is 5.91 Å². The van der Waals surface area contributed by atoms with Crippen LogP contribution in [0, 0.1) is 11.8 Å². The Morgan fingerprint density at radius 1 is 1.37 bits per heavy atom. The number of carbonyl (C=O) groups is 1. The van der Waals surface area contributed by atoms with Crippen molar-refractivity contribution in [3.63, 3.8) is 0 Å². The van der Waals surface area contributed by atoms with E-state index in [0.717, 1.165) is 39.0 Å². The largest absolute Gasteiger partial charge is 0.358 e. The van der Waals surface area contributed by atoms with Crippen LogP contribution in [0.2, 0.25) is 0 Å². The quantitative estimate of drug-likeness (QED) is 0.610. The SMILES string of the molecule is CNC(=O)CN1CCC(NCC(CN)C(C)C)CC1. The average Bonchev–Trinajstić information content (AvgIpc) is 2.40. The van der Waals surface area contributed by atoms with Gasteiger partial charge in [0.25, 0.3) is 0 Å². The Morgan fingerprint density at radius 2 is 2.00 bits per heavy atom. The summed E-state index contributed by atoms with van der Waals surface area (Å²) in [6.45, 7) is 8.74. The summed E-state index contributed by atoms with van der Waals surface area (Å²) in [5.41, 5.74) is 5.79. The summed E-state index contributed by atoms with van der Waals surface area (Å²) in [7, 11) is 1.69. The van der Waals surface area contributed by atoms with Crippen molar-refractivity contribution >= 4 is 5.91 Å². The maximum Gasteiger partial charge on any atom is 0.233 e. The number of likely N-dealkylation sites (tertiary alicyclic amines) is 1. The molecule has 0 aromatic carbocycles. The lowest BCUT2D eigenvalue weighted by molar-refractivity contribution is -0.122. The van der Waals surface area contributed by atoms with Gasteiger partial charge in [-0.05, 0) is 37.8 Å². The third-order valence-electron chi connectivity index (χ3n) is 4.15. The lowest BCUT2D eigenvalue weighted by Crippen LogP contribution is -2.47. The van der Waals surface area contributed by atoms with Gasteiger partial charge < -0.3 is 16.4 Å². The summed E-state index contributed by atoms with van der Waals surface area (Å²) in [5, 5.41) is 6.31. The number of carbonyl (C=O) groups excluding carboxylic acids is 1. The molecule has 1 heterocycles. The summed E-state index contributed by atoms with van der Waals surface area (Å²) < 4.78 is 0. The van der Waals surface area contributed by atoms with Gasteiger partial charge in [0.1, 0.15) is 0 Å². The standard InChI is InChI=1S/C14H30N4O/c1-11(2)12(8-15)9-17-13-4-6-18(7-5-13)10-14(19)16-3/h11-13,17H,4-10,15H2,1-3H3,(H,16,19). The molecule has 1 fully saturated rings. The Hall–Kier alpha value is -0.650. The molecule has 0 radical (unpaired) electrons. The van der Waals surface area contributed by atoms with E-state index in [0.29, 0.717) is 24.4 Å². The van der Waals surface area contributed by atoms with Crippen LogP contribution in [0.4, 0.5) is 0 Å². The van der Waals surface area contributed by atoms with Gasteiger partial charge >= 0.3 is 0 Å². The van der Waals surface area contributed by atoms with Crippen molar-refractivity contribution in [3.05, 3.63) is 0 Å². The third kappa shape index (κ3) is 5.89. The highest BCUT2D eigenvalue weighted by Crippen LogP contribution is 2.12. The zero-order valence-corrected chi connectivity index (χ0v) is 12.6. The zero-order valence-electron chi connectivity index (χ0n) is 12.6. The maximum atomic E-state index is 11.3. The van der Waals surface area contributed by atoms with Gasteiger partial charge in [-0.1, -0.05) is 13.8 Å². The van der Waals surface area contributed by atoms with E-state index < -0.39 is 0 Å². The zero-order chi connectivity index (χ0) is 14.3. The second-order valence-electron chi connectivity index (χ2n) is 5.87. The maximum absolute atomic E-state index is 11.3. The number of nitrogens with one attached hydrogen (secondary N) is 2. The molecule has 1 rings (SSSR count). The molecule has 4 N–H and O–H groups in total. The Labute approximate surface area is 117 Å². The van der Waals surface area contributed by atoms with E-state index in [1.54, 1.807) is 7.05 Å². The second kappa shape index (κ2) is 8.51. The number of hydrogen-bond acceptors (Lipinski definition) is 4. The number of nitrogens with two attached hydrogens (primary N) is 1. The van der Waals surface area contributed by atoms with Crippen molar-refractivity contribution in [3.8, 4) is 0 Å². The van der Waals surface area contributed by atoms with Crippen LogP contribution >= 0.6 is 0 Å². The van der Waals surface area contributed by atoms with Gasteiger partial charge in [-0.25, -0.2) is 0 Å². The van der Waals surface area contributed by atoms with Crippen LogP contribution in [0.15, 0.2) is 0 Å². The minimum absolute atomic E-state index is 0.106. The number of piperidine rings is 1. The number of likely N-dealkylation sites (N-methyl/N-ethyl adjacent to an activating group) is 1. The molecule has 1 atom stereocenters. The summed E-state index contributed by atoms with van der Waals surface area (Å²) in [6, 6.07) is 0.578. The van der Waals surface area contributed by atoms with Gasteiger partial charge in [0.2, 0.25) is 5.91 Å². The fraction of sp³-hybridized carbons (Fsp3) is 0.929. The summed E-state index contributed by atoms with van der Waals surface area (Å²) in [6.07, 6.45) is 2.23. The fourth-order valence-corrected chi connectivity index (χ4v) is 2.49. The molecular formula is C14H30N4O. The molecule has 19 heavy (non-hydrogen) atoms. The van der Waals surface area contributed by atoms with Gasteiger partial charge in [0, 0.05) is 26.2 Å². The van der Waals surface area contributed by atoms with Crippen LogP contribution in [0.3, 0.4) is 0 Å². The van der Waals surface area contributed by atoms with Crippen molar-refractivity contribution < 1.29 is 4.79 Å². The molecule has 1 aliphatic rings. The predicted octanol–water partition coefficient (Wildman–Crippen LogP) is 0.0173. The summed E-state index contributed by atoms with van der Waals surface area (Å²) in [5.74, 6) is 1.30. The first kappa shape index (κ1) is 16.4. The number of nitrogens with zero attached hydrogens (tertiary/aromatic N) is 1. The molecule has 0 saturated carbocycles. The highest BCUT2D eigenvalue weighted by atomic mass is 16.1. The molecule has 1 amide bonds. The lowest BCUT2D eigenvalue weighted by atomic mass is 9.95.